The Hall–Kier alpha value is -1.24. The minimum Gasteiger partial charge on any atom is -0.503 e. The monoisotopic (exact) mass is 343 g/mol. The molecule has 1 saturated heterocycles. The van der Waals surface area contributed by atoms with Crippen LogP contribution in [0.4, 0.5) is 0 Å². The number of likely N-dealkylation sites (N-methyl/N-ethyl adjacent to an activating group) is 1. The molecule has 1 N–H and O–H groups in total. The lowest BCUT2D eigenvalue weighted by Crippen LogP contribution is -2.27. The quantitative estimate of drug-likeness (QED) is 0.667. The average molecular weight is 344 g/mol. The molecule has 0 aromatic heterocycles. The Morgan fingerprint density at radius 3 is 2.76 bits per heavy atom. The number of rotatable bonds is 4. The van der Waals surface area contributed by atoms with Gasteiger partial charge in [0.2, 0.25) is 0 Å². The number of thioether (sulfide) groups is 1. The van der Waals surface area contributed by atoms with Crippen molar-refractivity contribution in [3.05, 3.63) is 27.6 Å². The summed E-state index contributed by atoms with van der Waals surface area (Å²) in [6, 6.07) is 3.22. The zero-order valence-corrected chi connectivity index (χ0v) is 13.9. The molecule has 0 bridgehead atoms. The van der Waals surface area contributed by atoms with Crippen LogP contribution in [-0.4, -0.2) is 33.4 Å². The Balaban J connectivity index is 2.37. The molecule has 112 valence electrons. The number of phenolic OH excluding ortho intramolecular Hbond substituents is 1. The standard InChI is InChI=1S/C14H14ClNO3S2/c1-3-16-13(18)11(21-14(16)20)7-8-5-9(15)12(17)10(6-8)19-4-2/h5-7,17H,3-4H2,1-2H3/b11-7-. The van der Waals surface area contributed by atoms with E-state index >= 15 is 0 Å². The van der Waals surface area contributed by atoms with Gasteiger partial charge < -0.3 is 9.84 Å². The van der Waals surface area contributed by atoms with E-state index in [2.05, 4.69) is 0 Å². The SMILES string of the molecule is CCOc1cc(/C=C2\SC(=S)N(CC)C2=O)cc(Cl)c1O. The van der Waals surface area contributed by atoms with Crippen molar-refractivity contribution < 1.29 is 14.6 Å². The van der Waals surface area contributed by atoms with Crippen LogP contribution in [0.25, 0.3) is 6.08 Å². The van der Waals surface area contributed by atoms with Crippen molar-refractivity contribution in [1.29, 1.82) is 0 Å². The lowest BCUT2D eigenvalue weighted by molar-refractivity contribution is -0.121. The van der Waals surface area contributed by atoms with E-state index in [4.69, 9.17) is 28.6 Å². The molecule has 4 nitrogen and oxygen atoms in total. The Labute approximate surface area is 137 Å². The number of carbonyl (C=O) groups is 1. The number of benzene rings is 1. The summed E-state index contributed by atoms with van der Waals surface area (Å²) in [5.41, 5.74) is 0.679. The summed E-state index contributed by atoms with van der Waals surface area (Å²) < 4.78 is 5.87. The van der Waals surface area contributed by atoms with Gasteiger partial charge in [-0.1, -0.05) is 35.6 Å². The third-order valence-electron chi connectivity index (χ3n) is 2.84. The summed E-state index contributed by atoms with van der Waals surface area (Å²) in [5.74, 6) is 0.0775. The predicted octanol–water partition coefficient (Wildman–Crippen LogP) is 3.67. The van der Waals surface area contributed by atoms with Gasteiger partial charge in [-0.25, -0.2) is 0 Å². The number of ether oxygens (including phenoxy) is 1. The minimum absolute atomic E-state index is 0.100. The van der Waals surface area contributed by atoms with Crippen LogP contribution in [0.1, 0.15) is 19.4 Å². The number of nitrogens with zero attached hydrogens (tertiary/aromatic N) is 1. The fourth-order valence-electron chi connectivity index (χ4n) is 1.87. The van der Waals surface area contributed by atoms with Crippen LogP contribution >= 0.6 is 35.6 Å². The molecule has 0 unspecified atom stereocenters. The van der Waals surface area contributed by atoms with Gasteiger partial charge in [-0.15, -0.1) is 0 Å². The Morgan fingerprint density at radius 2 is 2.19 bits per heavy atom. The third-order valence-corrected chi connectivity index (χ3v) is 4.50. The Bertz CT molecular complexity index is 631. The fraction of sp³-hybridized carbons (Fsp3) is 0.286. The van der Waals surface area contributed by atoms with Gasteiger partial charge in [-0.2, -0.15) is 0 Å². The van der Waals surface area contributed by atoms with Crippen LogP contribution < -0.4 is 4.74 Å². The maximum Gasteiger partial charge on any atom is 0.266 e. The van der Waals surface area contributed by atoms with Crippen LogP contribution in [0.2, 0.25) is 5.02 Å². The smallest absolute Gasteiger partial charge is 0.266 e. The molecule has 0 radical (unpaired) electrons. The number of amides is 1. The minimum atomic E-state index is -0.116. The van der Waals surface area contributed by atoms with Crippen LogP contribution in [0.5, 0.6) is 11.5 Å². The summed E-state index contributed by atoms with van der Waals surface area (Å²) in [6.45, 7) is 4.64. The van der Waals surface area contributed by atoms with E-state index in [-0.39, 0.29) is 16.7 Å². The van der Waals surface area contributed by atoms with E-state index in [1.54, 1.807) is 18.2 Å². The molecule has 1 amide bonds. The third kappa shape index (κ3) is 3.33. The second-order valence-electron chi connectivity index (χ2n) is 4.21. The van der Waals surface area contributed by atoms with Crippen LogP contribution in [0, 0.1) is 0 Å². The topological polar surface area (TPSA) is 49.8 Å². The zero-order chi connectivity index (χ0) is 15.6. The molecule has 21 heavy (non-hydrogen) atoms. The molecular weight excluding hydrogens is 330 g/mol. The fourth-order valence-corrected chi connectivity index (χ4v) is 3.47. The van der Waals surface area contributed by atoms with Crippen LogP contribution in [-0.2, 0) is 4.79 Å². The highest BCUT2D eigenvalue weighted by atomic mass is 35.5. The van der Waals surface area contributed by atoms with Gasteiger partial charge >= 0.3 is 0 Å². The summed E-state index contributed by atoms with van der Waals surface area (Å²) in [5, 5.41) is 9.99. The number of halogens is 1. The Kier molecular flexibility index (Phi) is 5.13. The highest BCUT2D eigenvalue weighted by molar-refractivity contribution is 8.26. The number of phenols is 1. The predicted molar refractivity (Wildman–Crippen MR) is 89.8 cm³/mol. The number of thiocarbonyl (C=S) groups is 1. The van der Waals surface area contributed by atoms with Gasteiger partial charge in [-0.05, 0) is 37.6 Å². The summed E-state index contributed by atoms with van der Waals surface area (Å²) in [7, 11) is 0. The zero-order valence-electron chi connectivity index (χ0n) is 11.6. The lowest BCUT2D eigenvalue weighted by atomic mass is 10.2. The second-order valence-corrected chi connectivity index (χ2v) is 6.29. The van der Waals surface area contributed by atoms with E-state index in [0.29, 0.717) is 33.7 Å². The number of aromatic hydroxyl groups is 1. The van der Waals surface area contributed by atoms with Gasteiger partial charge in [0, 0.05) is 6.54 Å². The van der Waals surface area contributed by atoms with Crippen molar-refractivity contribution in [2.45, 2.75) is 13.8 Å². The van der Waals surface area contributed by atoms with Gasteiger partial charge in [0.25, 0.3) is 5.91 Å². The van der Waals surface area contributed by atoms with E-state index in [1.807, 2.05) is 13.8 Å². The molecule has 1 aromatic carbocycles. The first kappa shape index (κ1) is 16.1. The number of carbonyl (C=O) groups excluding carboxylic acids is 1. The van der Waals surface area contributed by atoms with Gasteiger partial charge in [0.15, 0.2) is 11.5 Å². The Morgan fingerprint density at radius 1 is 1.48 bits per heavy atom. The molecule has 1 aliphatic rings. The molecule has 1 aliphatic heterocycles. The van der Waals surface area contributed by atoms with Crippen molar-refractivity contribution in [3.8, 4) is 11.5 Å². The molecule has 1 fully saturated rings. The number of hydrogen-bond donors (Lipinski definition) is 1. The molecule has 2 rings (SSSR count). The highest BCUT2D eigenvalue weighted by Crippen LogP contribution is 2.38. The van der Waals surface area contributed by atoms with Crippen molar-refractivity contribution in [2.24, 2.45) is 0 Å². The molecule has 0 saturated carbocycles. The van der Waals surface area contributed by atoms with E-state index in [1.165, 1.54) is 16.7 Å². The van der Waals surface area contributed by atoms with Crippen molar-refractivity contribution in [2.75, 3.05) is 13.2 Å². The second kappa shape index (κ2) is 6.68. The molecule has 0 aliphatic carbocycles. The first-order valence-electron chi connectivity index (χ1n) is 6.38. The maximum absolute atomic E-state index is 12.1. The first-order valence-corrected chi connectivity index (χ1v) is 7.98. The molecule has 1 heterocycles. The van der Waals surface area contributed by atoms with Crippen molar-refractivity contribution in [1.82, 2.24) is 4.90 Å². The highest BCUT2D eigenvalue weighted by Gasteiger charge is 2.30. The average Bonchev–Trinajstić information content (AvgIpc) is 2.70. The van der Waals surface area contributed by atoms with E-state index < -0.39 is 0 Å². The largest absolute Gasteiger partial charge is 0.503 e. The summed E-state index contributed by atoms with van der Waals surface area (Å²) in [6.07, 6.45) is 1.70. The normalized spacial score (nSPS) is 16.9. The number of hydrogen-bond acceptors (Lipinski definition) is 5. The van der Waals surface area contributed by atoms with Crippen molar-refractivity contribution in [3.63, 3.8) is 0 Å². The van der Waals surface area contributed by atoms with Crippen LogP contribution in [0.3, 0.4) is 0 Å². The van der Waals surface area contributed by atoms with E-state index in [0.717, 1.165) is 0 Å². The van der Waals surface area contributed by atoms with Gasteiger partial charge in [0.05, 0.1) is 16.5 Å². The molecule has 0 atom stereocenters. The molecule has 7 heteroatoms. The maximum atomic E-state index is 12.1. The molecule has 0 spiro atoms. The van der Waals surface area contributed by atoms with Crippen LogP contribution in [0.15, 0.2) is 17.0 Å². The summed E-state index contributed by atoms with van der Waals surface area (Å²) >= 11 is 12.4. The van der Waals surface area contributed by atoms with Gasteiger partial charge in [-0.3, -0.25) is 9.69 Å². The summed E-state index contributed by atoms with van der Waals surface area (Å²) in [4.78, 5) is 14.2. The molecule has 1 aromatic rings. The molecular formula is C14H14ClNO3S2. The first-order chi connectivity index (χ1) is 9.97. The van der Waals surface area contributed by atoms with Gasteiger partial charge in [0.1, 0.15) is 4.32 Å². The van der Waals surface area contributed by atoms with E-state index in [9.17, 15) is 9.90 Å². The lowest BCUT2D eigenvalue weighted by Gasteiger charge is -2.10. The van der Waals surface area contributed by atoms with Crippen molar-refractivity contribution >= 4 is 51.9 Å².